The molecule has 0 unspecified atom stereocenters. The maximum atomic E-state index is 13.3. The van der Waals surface area contributed by atoms with Crippen LogP contribution >= 0.6 is 11.6 Å². The van der Waals surface area contributed by atoms with Crippen molar-refractivity contribution in [1.82, 2.24) is 9.80 Å². The molecule has 2 aromatic carbocycles. The third-order valence-corrected chi connectivity index (χ3v) is 6.25. The van der Waals surface area contributed by atoms with Crippen molar-refractivity contribution >= 4 is 21.4 Å². The van der Waals surface area contributed by atoms with Gasteiger partial charge in [-0.1, -0.05) is 29.8 Å². The molecule has 1 aliphatic heterocycles. The fourth-order valence-corrected chi connectivity index (χ4v) is 4.17. The summed E-state index contributed by atoms with van der Waals surface area (Å²) in [5.74, 6) is -0.385. The Hall–Kier alpha value is -1.47. The molecule has 4 nitrogen and oxygen atoms in total. The van der Waals surface area contributed by atoms with Gasteiger partial charge in [-0.05, 0) is 54.9 Å². The number of nitrogens with zero attached hydrogens (tertiary/aromatic N) is 2. The van der Waals surface area contributed by atoms with Crippen molar-refractivity contribution < 1.29 is 12.8 Å². The Morgan fingerprint density at radius 3 is 2.04 bits per heavy atom. The van der Waals surface area contributed by atoms with Crippen LogP contribution < -0.4 is 0 Å². The monoisotopic (exact) mass is 410 g/mol. The molecule has 0 N–H and O–H groups in total. The molecular formula is C20H24ClFN2O2S. The lowest BCUT2D eigenvalue weighted by atomic mass is 10.2. The van der Waals surface area contributed by atoms with Gasteiger partial charge in [-0.2, -0.15) is 0 Å². The van der Waals surface area contributed by atoms with E-state index in [9.17, 15) is 12.8 Å². The molecule has 1 saturated heterocycles. The number of benzene rings is 2. The number of hydrogen-bond donors (Lipinski definition) is 0. The van der Waals surface area contributed by atoms with Crippen LogP contribution in [0.15, 0.2) is 47.4 Å². The lowest BCUT2D eigenvalue weighted by Crippen LogP contribution is -2.30. The maximum absolute atomic E-state index is 13.3. The van der Waals surface area contributed by atoms with Crippen LogP contribution in [0.1, 0.15) is 17.5 Å². The van der Waals surface area contributed by atoms with Crippen molar-refractivity contribution in [2.45, 2.75) is 24.4 Å². The van der Waals surface area contributed by atoms with Crippen LogP contribution in [0.25, 0.3) is 0 Å². The van der Waals surface area contributed by atoms with Crippen molar-refractivity contribution in [1.29, 1.82) is 0 Å². The van der Waals surface area contributed by atoms with Gasteiger partial charge in [-0.25, -0.2) is 12.8 Å². The predicted octanol–water partition coefficient (Wildman–Crippen LogP) is 3.59. The highest BCUT2D eigenvalue weighted by molar-refractivity contribution is 7.90. The summed E-state index contributed by atoms with van der Waals surface area (Å²) in [6, 6.07) is 12.0. The first-order valence-electron chi connectivity index (χ1n) is 8.99. The Morgan fingerprint density at radius 2 is 1.48 bits per heavy atom. The lowest BCUT2D eigenvalue weighted by molar-refractivity contribution is 0.247. The van der Waals surface area contributed by atoms with Gasteiger partial charge in [0.15, 0.2) is 9.84 Å². The van der Waals surface area contributed by atoms with Crippen LogP contribution in [0.3, 0.4) is 0 Å². The highest BCUT2D eigenvalue weighted by atomic mass is 35.5. The smallest absolute Gasteiger partial charge is 0.175 e. The molecule has 0 aliphatic carbocycles. The quantitative estimate of drug-likeness (QED) is 0.755. The molecule has 0 saturated carbocycles. The van der Waals surface area contributed by atoms with Gasteiger partial charge in [0.25, 0.3) is 0 Å². The first-order valence-corrected chi connectivity index (χ1v) is 11.3. The summed E-state index contributed by atoms with van der Waals surface area (Å²) in [4.78, 5) is 5.09. The molecule has 3 rings (SSSR count). The zero-order valence-electron chi connectivity index (χ0n) is 15.4. The Kier molecular flexibility index (Phi) is 6.52. The third kappa shape index (κ3) is 5.75. The standard InChI is InChI=1S/C20H24ClFN2O2S/c1-27(25,26)18-6-3-16(4-7-18)14-23-9-2-10-24(12-11-23)15-17-5-8-20(22)19(21)13-17/h3-8,13H,2,9-12,14-15H2,1H3. The normalized spacial score (nSPS) is 17.0. The topological polar surface area (TPSA) is 40.6 Å². The first kappa shape index (κ1) is 20.3. The minimum atomic E-state index is -3.15. The first-order chi connectivity index (χ1) is 12.8. The van der Waals surface area contributed by atoms with E-state index in [4.69, 9.17) is 11.6 Å². The van der Waals surface area contributed by atoms with E-state index in [1.54, 1.807) is 24.3 Å². The van der Waals surface area contributed by atoms with E-state index in [1.165, 1.54) is 12.3 Å². The molecule has 0 bridgehead atoms. The molecule has 27 heavy (non-hydrogen) atoms. The van der Waals surface area contributed by atoms with Gasteiger partial charge in [0, 0.05) is 32.4 Å². The van der Waals surface area contributed by atoms with Gasteiger partial charge >= 0.3 is 0 Å². The maximum Gasteiger partial charge on any atom is 0.175 e. The van der Waals surface area contributed by atoms with Crippen molar-refractivity contribution in [3.8, 4) is 0 Å². The lowest BCUT2D eigenvalue weighted by Gasteiger charge is -2.22. The van der Waals surface area contributed by atoms with E-state index in [1.807, 2.05) is 12.1 Å². The molecule has 1 fully saturated rings. The summed E-state index contributed by atoms with van der Waals surface area (Å²) in [6.07, 6.45) is 2.27. The number of rotatable bonds is 5. The highest BCUT2D eigenvalue weighted by Crippen LogP contribution is 2.18. The van der Waals surface area contributed by atoms with E-state index >= 15 is 0 Å². The summed E-state index contributed by atoms with van der Waals surface area (Å²) < 4.78 is 36.4. The molecular weight excluding hydrogens is 387 g/mol. The van der Waals surface area contributed by atoms with E-state index in [-0.39, 0.29) is 10.8 Å². The fraction of sp³-hybridized carbons (Fsp3) is 0.400. The van der Waals surface area contributed by atoms with Gasteiger partial charge < -0.3 is 0 Å². The Balaban J connectivity index is 1.55. The summed E-state index contributed by atoms with van der Waals surface area (Å²) in [7, 11) is -3.15. The zero-order valence-corrected chi connectivity index (χ0v) is 16.9. The van der Waals surface area contributed by atoms with Crippen LogP contribution in [-0.4, -0.2) is 50.7 Å². The molecule has 0 radical (unpaired) electrons. The van der Waals surface area contributed by atoms with Gasteiger partial charge in [0.1, 0.15) is 5.82 Å². The number of halogens is 2. The Labute approximate surface area is 165 Å². The number of sulfone groups is 1. The molecule has 146 valence electrons. The van der Waals surface area contributed by atoms with Crippen molar-refractivity contribution in [2.75, 3.05) is 32.4 Å². The second kappa shape index (κ2) is 8.69. The van der Waals surface area contributed by atoms with Crippen molar-refractivity contribution in [3.63, 3.8) is 0 Å². The molecule has 0 amide bonds. The van der Waals surface area contributed by atoms with Crippen molar-refractivity contribution in [3.05, 3.63) is 64.4 Å². The average Bonchev–Trinajstić information content (AvgIpc) is 2.83. The van der Waals surface area contributed by atoms with Crippen LogP contribution in [0.5, 0.6) is 0 Å². The predicted molar refractivity (Wildman–Crippen MR) is 106 cm³/mol. The molecule has 0 atom stereocenters. The minimum Gasteiger partial charge on any atom is -0.298 e. The third-order valence-electron chi connectivity index (χ3n) is 4.83. The second-order valence-corrected chi connectivity index (χ2v) is 9.49. The van der Waals surface area contributed by atoms with Crippen LogP contribution in [0, 0.1) is 5.82 Å². The largest absolute Gasteiger partial charge is 0.298 e. The number of hydrogen-bond acceptors (Lipinski definition) is 4. The van der Waals surface area contributed by atoms with E-state index in [2.05, 4.69) is 9.80 Å². The molecule has 1 heterocycles. The van der Waals surface area contributed by atoms with E-state index < -0.39 is 9.84 Å². The Morgan fingerprint density at radius 1 is 0.926 bits per heavy atom. The molecule has 7 heteroatoms. The molecule has 0 spiro atoms. The van der Waals surface area contributed by atoms with Gasteiger partial charge in [-0.15, -0.1) is 0 Å². The van der Waals surface area contributed by atoms with Crippen LogP contribution in [0.4, 0.5) is 4.39 Å². The van der Waals surface area contributed by atoms with Crippen molar-refractivity contribution in [2.24, 2.45) is 0 Å². The molecule has 0 aromatic heterocycles. The fourth-order valence-electron chi connectivity index (χ4n) is 3.34. The Bertz CT molecular complexity index is 887. The summed E-state index contributed by atoms with van der Waals surface area (Å²) >= 11 is 5.88. The summed E-state index contributed by atoms with van der Waals surface area (Å²) in [6.45, 7) is 5.41. The van der Waals surface area contributed by atoms with Gasteiger partial charge in [-0.3, -0.25) is 9.80 Å². The highest BCUT2D eigenvalue weighted by Gasteiger charge is 2.16. The van der Waals surface area contributed by atoms with Crippen LogP contribution in [-0.2, 0) is 22.9 Å². The minimum absolute atomic E-state index is 0.168. The molecule has 2 aromatic rings. The van der Waals surface area contributed by atoms with Gasteiger partial charge in [0.2, 0.25) is 0 Å². The van der Waals surface area contributed by atoms with Crippen LogP contribution in [0.2, 0.25) is 5.02 Å². The SMILES string of the molecule is CS(=O)(=O)c1ccc(CN2CCCN(Cc3ccc(F)c(Cl)c3)CC2)cc1. The second-order valence-electron chi connectivity index (χ2n) is 7.07. The summed E-state index contributed by atoms with van der Waals surface area (Å²) in [5.41, 5.74) is 2.13. The zero-order chi connectivity index (χ0) is 19.4. The average molecular weight is 411 g/mol. The van der Waals surface area contributed by atoms with E-state index in [0.717, 1.165) is 56.8 Å². The van der Waals surface area contributed by atoms with Gasteiger partial charge in [0.05, 0.1) is 9.92 Å². The summed E-state index contributed by atoms with van der Waals surface area (Å²) in [5, 5.41) is 0.168. The molecule has 1 aliphatic rings. The van der Waals surface area contributed by atoms with E-state index in [0.29, 0.717) is 4.90 Å².